The summed E-state index contributed by atoms with van der Waals surface area (Å²) >= 11 is 0. The molecule has 6 nitrogen and oxygen atoms in total. The van der Waals surface area contributed by atoms with E-state index < -0.39 is 0 Å². The number of nitrogens with one attached hydrogen (secondary N) is 1. The average Bonchev–Trinajstić information content (AvgIpc) is 3.33. The first-order valence-corrected chi connectivity index (χ1v) is 9.48. The van der Waals surface area contributed by atoms with E-state index in [4.69, 9.17) is 14.7 Å². The van der Waals surface area contributed by atoms with Gasteiger partial charge in [-0.05, 0) is 28.8 Å². The van der Waals surface area contributed by atoms with Crippen molar-refractivity contribution in [1.82, 2.24) is 15.6 Å². The zero-order valence-electron chi connectivity index (χ0n) is 16.1. The van der Waals surface area contributed by atoms with E-state index in [1.54, 1.807) is 13.3 Å². The third kappa shape index (κ3) is 3.56. The first kappa shape index (κ1) is 18.1. The Labute approximate surface area is 165 Å². The molecular formula is C22H24N4O2. The van der Waals surface area contributed by atoms with Crippen LogP contribution in [0.25, 0.3) is 0 Å². The third-order valence-corrected chi connectivity index (χ3v) is 5.32. The summed E-state index contributed by atoms with van der Waals surface area (Å²) in [5.41, 5.74) is 6.74. The van der Waals surface area contributed by atoms with Gasteiger partial charge in [-0.2, -0.15) is 5.26 Å². The highest BCUT2D eigenvalue weighted by atomic mass is 16.5. The Morgan fingerprint density at radius 1 is 1.18 bits per heavy atom. The summed E-state index contributed by atoms with van der Waals surface area (Å²) in [6.45, 7) is 2.82. The van der Waals surface area contributed by atoms with Crippen molar-refractivity contribution in [3.8, 4) is 17.7 Å². The number of hydrogen-bond donors (Lipinski definition) is 1. The molecule has 0 spiro atoms. The van der Waals surface area contributed by atoms with Gasteiger partial charge in [-0.15, -0.1) is 5.12 Å². The molecule has 1 aliphatic carbocycles. The Morgan fingerprint density at radius 3 is 2.61 bits per heavy atom. The van der Waals surface area contributed by atoms with E-state index in [0.717, 1.165) is 29.9 Å². The van der Waals surface area contributed by atoms with E-state index in [1.165, 1.54) is 16.2 Å². The molecule has 1 heterocycles. The van der Waals surface area contributed by atoms with Gasteiger partial charge in [0.2, 0.25) is 6.19 Å². The molecule has 28 heavy (non-hydrogen) atoms. The van der Waals surface area contributed by atoms with E-state index in [0.29, 0.717) is 6.54 Å². The SMILES string of the molecule is COc1ccc(C(C)CN2C=CNN2C#N)cc1OC1Cc2ccccc2C1. The zero-order valence-corrected chi connectivity index (χ0v) is 16.1. The van der Waals surface area contributed by atoms with Crippen LogP contribution >= 0.6 is 0 Å². The van der Waals surface area contributed by atoms with Crippen LogP contribution in [0.15, 0.2) is 54.9 Å². The van der Waals surface area contributed by atoms with Gasteiger partial charge in [-0.3, -0.25) is 10.4 Å². The van der Waals surface area contributed by atoms with Gasteiger partial charge in [0.1, 0.15) is 6.10 Å². The number of ether oxygens (including phenoxy) is 2. The Morgan fingerprint density at radius 2 is 1.93 bits per heavy atom. The summed E-state index contributed by atoms with van der Waals surface area (Å²) in [4.78, 5) is 0. The zero-order chi connectivity index (χ0) is 19.5. The Bertz CT molecular complexity index is 896. The van der Waals surface area contributed by atoms with E-state index in [9.17, 15) is 0 Å². The van der Waals surface area contributed by atoms with Crippen molar-refractivity contribution in [2.45, 2.75) is 31.8 Å². The molecule has 1 unspecified atom stereocenters. The van der Waals surface area contributed by atoms with E-state index in [1.807, 2.05) is 17.3 Å². The number of rotatable bonds is 6. The fourth-order valence-corrected chi connectivity index (χ4v) is 3.82. The Balaban J connectivity index is 1.49. The first-order valence-electron chi connectivity index (χ1n) is 9.48. The molecule has 1 N–H and O–H groups in total. The standard InChI is InChI=1S/C22H24N4O2/c1-16(14-25-10-9-24-26(25)15-23)17-7-8-21(27-2)22(13-17)28-20-11-18-5-3-4-6-19(18)12-20/h3-10,13,16,20,24H,11-12,14H2,1-2H3. The molecule has 2 aliphatic rings. The summed E-state index contributed by atoms with van der Waals surface area (Å²) in [7, 11) is 1.67. The van der Waals surface area contributed by atoms with Gasteiger partial charge < -0.3 is 9.47 Å². The van der Waals surface area contributed by atoms with Crippen molar-refractivity contribution < 1.29 is 9.47 Å². The quantitative estimate of drug-likeness (QED) is 0.781. The van der Waals surface area contributed by atoms with E-state index >= 15 is 0 Å². The predicted octanol–water partition coefficient (Wildman–Crippen LogP) is 3.33. The molecule has 0 fully saturated rings. The van der Waals surface area contributed by atoms with Crippen molar-refractivity contribution in [2.24, 2.45) is 0 Å². The van der Waals surface area contributed by atoms with Crippen LogP contribution in [-0.4, -0.2) is 29.9 Å². The van der Waals surface area contributed by atoms with Crippen molar-refractivity contribution >= 4 is 0 Å². The lowest BCUT2D eigenvalue weighted by molar-refractivity contribution is 0.0697. The van der Waals surface area contributed by atoms with Crippen LogP contribution in [0, 0.1) is 11.5 Å². The molecule has 0 aromatic heterocycles. The maximum absolute atomic E-state index is 9.16. The molecule has 1 atom stereocenters. The maximum atomic E-state index is 9.16. The van der Waals surface area contributed by atoms with Gasteiger partial charge in [0, 0.05) is 37.7 Å². The first-order chi connectivity index (χ1) is 13.7. The molecule has 2 aromatic rings. The van der Waals surface area contributed by atoms with E-state index in [2.05, 4.69) is 54.9 Å². The number of hydrogen-bond acceptors (Lipinski definition) is 6. The van der Waals surface area contributed by atoms with Gasteiger partial charge >= 0.3 is 0 Å². The molecule has 0 bridgehead atoms. The van der Waals surface area contributed by atoms with Gasteiger partial charge in [0.05, 0.1) is 7.11 Å². The van der Waals surface area contributed by atoms with Crippen LogP contribution in [0.2, 0.25) is 0 Å². The lowest BCUT2D eigenvalue weighted by atomic mass is 10.0. The second-order valence-electron chi connectivity index (χ2n) is 7.21. The molecule has 0 saturated heterocycles. The van der Waals surface area contributed by atoms with Crippen LogP contribution in [0.1, 0.15) is 29.5 Å². The topological polar surface area (TPSA) is 60.8 Å². The van der Waals surface area contributed by atoms with Gasteiger partial charge in [-0.1, -0.05) is 37.3 Å². The Hall–Kier alpha value is -3.33. The highest BCUT2D eigenvalue weighted by Gasteiger charge is 2.24. The van der Waals surface area contributed by atoms with Crippen molar-refractivity contribution in [3.05, 3.63) is 71.6 Å². The van der Waals surface area contributed by atoms with Crippen molar-refractivity contribution in [1.29, 1.82) is 5.26 Å². The number of fused-ring (bicyclic) bond motifs is 1. The normalized spacial score (nSPS) is 16.5. The highest BCUT2D eigenvalue weighted by molar-refractivity contribution is 5.45. The second-order valence-corrected chi connectivity index (χ2v) is 7.21. The van der Waals surface area contributed by atoms with E-state index in [-0.39, 0.29) is 12.0 Å². The van der Waals surface area contributed by atoms with Crippen LogP contribution in [0.4, 0.5) is 0 Å². The molecule has 4 rings (SSSR count). The molecule has 2 aromatic carbocycles. The van der Waals surface area contributed by atoms with Crippen molar-refractivity contribution in [3.63, 3.8) is 0 Å². The summed E-state index contributed by atoms with van der Waals surface area (Å²) in [5.74, 6) is 1.72. The van der Waals surface area contributed by atoms with Crippen LogP contribution in [0.5, 0.6) is 11.5 Å². The minimum atomic E-state index is 0.122. The van der Waals surface area contributed by atoms with Crippen molar-refractivity contribution in [2.75, 3.05) is 13.7 Å². The van der Waals surface area contributed by atoms with Crippen LogP contribution < -0.4 is 14.9 Å². The number of benzene rings is 2. The number of nitriles is 1. The van der Waals surface area contributed by atoms with Crippen LogP contribution in [0.3, 0.4) is 0 Å². The molecular weight excluding hydrogens is 352 g/mol. The average molecular weight is 376 g/mol. The summed E-state index contributed by atoms with van der Waals surface area (Å²) in [5, 5.41) is 12.4. The van der Waals surface area contributed by atoms with Gasteiger partial charge in [0.15, 0.2) is 11.5 Å². The monoisotopic (exact) mass is 376 g/mol. The largest absolute Gasteiger partial charge is 0.493 e. The predicted molar refractivity (Wildman–Crippen MR) is 106 cm³/mol. The lowest BCUT2D eigenvalue weighted by Crippen LogP contribution is -2.39. The summed E-state index contributed by atoms with van der Waals surface area (Å²) in [6, 6.07) is 14.6. The number of hydrazine groups is 2. The lowest BCUT2D eigenvalue weighted by Gasteiger charge is -2.26. The fourth-order valence-electron chi connectivity index (χ4n) is 3.82. The molecule has 144 valence electrons. The summed E-state index contributed by atoms with van der Waals surface area (Å²) in [6.07, 6.45) is 7.66. The number of methoxy groups -OCH3 is 1. The minimum absolute atomic E-state index is 0.122. The number of nitrogens with zero attached hydrogens (tertiary/aromatic N) is 3. The highest BCUT2D eigenvalue weighted by Crippen LogP contribution is 2.34. The minimum Gasteiger partial charge on any atom is -0.493 e. The smallest absolute Gasteiger partial charge is 0.221 e. The molecule has 0 saturated carbocycles. The third-order valence-electron chi connectivity index (χ3n) is 5.32. The molecule has 0 radical (unpaired) electrons. The molecule has 1 aliphatic heterocycles. The van der Waals surface area contributed by atoms with Crippen LogP contribution in [-0.2, 0) is 12.8 Å². The Kier molecular flexibility index (Phi) is 4.98. The van der Waals surface area contributed by atoms with Gasteiger partial charge in [0.25, 0.3) is 0 Å². The second kappa shape index (κ2) is 7.73. The van der Waals surface area contributed by atoms with Gasteiger partial charge in [-0.25, -0.2) is 0 Å². The maximum Gasteiger partial charge on any atom is 0.221 e. The fraction of sp³-hybridized carbons (Fsp3) is 0.318. The molecule has 0 amide bonds. The summed E-state index contributed by atoms with van der Waals surface area (Å²) < 4.78 is 11.9. The molecule has 6 heteroatoms.